The molecule has 0 atom stereocenters. The average molecular weight is 434 g/mol. The van der Waals surface area contributed by atoms with Gasteiger partial charge in [-0.25, -0.2) is 14.0 Å². The van der Waals surface area contributed by atoms with E-state index in [0.717, 1.165) is 5.39 Å². The molecule has 3 aromatic rings. The summed E-state index contributed by atoms with van der Waals surface area (Å²) >= 11 is 5.76. The zero-order valence-corrected chi connectivity index (χ0v) is 15.2. The van der Waals surface area contributed by atoms with Crippen molar-refractivity contribution in [1.29, 1.82) is 0 Å². The number of carbonyl (C=O) groups is 2. The predicted octanol–water partition coefficient (Wildman–Crippen LogP) is 4.52. The van der Waals surface area contributed by atoms with Crippen LogP contribution in [0.1, 0.15) is 10.5 Å². The van der Waals surface area contributed by atoms with E-state index in [0.29, 0.717) is 22.6 Å². The van der Waals surface area contributed by atoms with Gasteiger partial charge < -0.3 is 20.1 Å². The minimum Gasteiger partial charge on any atom is -0.475 e. The van der Waals surface area contributed by atoms with E-state index in [-0.39, 0.29) is 5.02 Å². The molecule has 1 aromatic carbocycles. The highest BCUT2D eigenvalue weighted by Gasteiger charge is 2.38. The van der Waals surface area contributed by atoms with Gasteiger partial charge in [0.15, 0.2) is 0 Å². The summed E-state index contributed by atoms with van der Waals surface area (Å²) in [5.41, 5.74) is 2.28. The smallest absolute Gasteiger partial charge is 0.475 e. The van der Waals surface area contributed by atoms with E-state index >= 15 is 0 Å². The number of hydrogen-bond acceptors (Lipinski definition) is 5. The molecular weight excluding hydrogens is 422 g/mol. The van der Waals surface area contributed by atoms with Gasteiger partial charge in [0.2, 0.25) is 0 Å². The number of aromatic amines is 1. The van der Waals surface area contributed by atoms with Gasteiger partial charge in [-0.2, -0.15) is 13.2 Å². The van der Waals surface area contributed by atoms with Crippen molar-refractivity contribution in [2.75, 3.05) is 12.4 Å². The Hall–Kier alpha value is -3.34. The second kappa shape index (κ2) is 8.78. The van der Waals surface area contributed by atoms with Gasteiger partial charge >= 0.3 is 18.1 Å². The molecule has 3 N–H and O–H groups in total. The number of halogens is 5. The summed E-state index contributed by atoms with van der Waals surface area (Å²) in [6.07, 6.45) is -1.88. The predicted molar refractivity (Wildman–Crippen MR) is 95.8 cm³/mol. The van der Waals surface area contributed by atoms with Crippen LogP contribution in [0.3, 0.4) is 0 Å². The Morgan fingerprint density at radius 2 is 1.90 bits per heavy atom. The number of esters is 1. The molecule has 0 unspecified atom stereocenters. The molecule has 0 aliphatic heterocycles. The fourth-order valence-electron chi connectivity index (χ4n) is 2.10. The van der Waals surface area contributed by atoms with Gasteiger partial charge in [0.25, 0.3) is 0 Å². The molecule has 3 rings (SSSR count). The number of aliphatic carboxylic acids is 1. The van der Waals surface area contributed by atoms with E-state index in [1.165, 1.54) is 19.2 Å². The minimum absolute atomic E-state index is 0.0226. The molecule has 0 aliphatic carbocycles. The number of benzene rings is 1. The van der Waals surface area contributed by atoms with Crippen molar-refractivity contribution in [2.24, 2.45) is 0 Å². The highest BCUT2D eigenvalue weighted by molar-refractivity contribution is 6.31. The number of aromatic nitrogens is 2. The first-order valence-corrected chi connectivity index (χ1v) is 7.98. The number of anilines is 2. The Balaban J connectivity index is 0.000000370. The minimum atomic E-state index is -5.08. The van der Waals surface area contributed by atoms with E-state index in [9.17, 15) is 22.4 Å². The third kappa shape index (κ3) is 5.57. The zero-order valence-electron chi connectivity index (χ0n) is 14.5. The Labute approximate surface area is 165 Å². The Bertz CT molecular complexity index is 1050. The number of nitrogens with one attached hydrogen (secondary N) is 2. The Morgan fingerprint density at radius 3 is 2.45 bits per heavy atom. The van der Waals surface area contributed by atoms with Gasteiger partial charge in [-0.3, -0.25) is 4.98 Å². The van der Waals surface area contributed by atoms with Crippen molar-refractivity contribution >= 4 is 45.8 Å². The molecule has 154 valence electrons. The summed E-state index contributed by atoms with van der Waals surface area (Å²) in [7, 11) is 1.31. The first kappa shape index (κ1) is 22.0. The van der Waals surface area contributed by atoms with Crippen molar-refractivity contribution in [2.45, 2.75) is 6.18 Å². The summed E-state index contributed by atoms with van der Waals surface area (Å²) in [4.78, 5) is 27.5. The monoisotopic (exact) mass is 433 g/mol. The van der Waals surface area contributed by atoms with E-state index in [1.54, 1.807) is 24.5 Å². The number of alkyl halides is 3. The van der Waals surface area contributed by atoms with E-state index in [4.69, 9.17) is 21.5 Å². The normalized spacial score (nSPS) is 10.8. The van der Waals surface area contributed by atoms with E-state index < -0.39 is 23.9 Å². The molecule has 0 saturated carbocycles. The number of methoxy groups -OCH3 is 1. The van der Waals surface area contributed by atoms with Gasteiger partial charge in [0.1, 0.15) is 11.5 Å². The van der Waals surface area contributed by atoms with Crippen molar-refractivity contribution in [3.05, 3.63) is 53.2 Å². The molecule has 0 aliphatic rings. The quantitative estimate of drug-likeness (QED) is 0.414. The lowest BCUT2D eigenvalue weighted by Crippen LogP contribution is -2.21. The van der Waals surface area contributed by atoms with Crippen LogP contribution in [0.5, 0.6) is 0 Å². The maximum Gasteiger partial charge on any atom is 0.490 e. The molecule has 2 aromatic heterocycles. The molecule has 0 bridgehead atoms. The average Bonchev–Trinajstić information content (AvgIpc) is 3.09. The first-order valence-electron chi connectivity index (χ1n) is 7.60. The van der Waals surface area contributed by atoms with Gasteiger partial charge in [-0.05, 0) is 24.3 Å². The van der Waals surface area contributed by atoms with Crippen LogP contribution in [0.2, 0.25) is 5.02 Å². The summed E-state index contributed by atoms with van der Waals surface area (Å²) in [6, 6.07) is 5.98. The molecule has 7 nitrogen and oxygen atoms in total. The van der Waals surface area contributed by atoms with Crippen molar-refractivity contribution < 1.29 is 37.0 Å². The van der Waals surface area contributed by atoms with Crippen molar-refractivity contribution in [3.63, 3.8) is 0 Å². The van der Waals surface area contributed by atoms with E-state index in [1.807, 2.05) is 0 Å². The largest absolute Gasteiger partial charge is 0.490 e. The molecule has 29 heavy (non-hydrogen) atoms. The van der Waals surface area contributed by atoms with Gasteiger partial charge in [0.05, 0.1) is 35.7 Å². The maximum absolute atomic E-state index is 13.2. The van der Waals surface area contributed by atoms with Crippen LogP contribution in [-0.4, -0.2) is 40.3 Å². The van der Waals surface area contributed by atoms with Gasteiger partial charge in [-0.1, -0.05) is 11.6 Å². The van der Waals surface area contributed by atoms with E-state index in [2.05, 4.69) is 20.0 Å². The third-order valence-corrected chi connectivity index (χ3v) is 3.68. The number of nitrogens with zero attached hydrogens (tertiary/aromatic N) is 1. The molecule has 0 saturated heterocycles. The summed E-state index contributed by atoms with van der Waals surface area (Å²) in [6.45, 7) is 0. The lowest BCUT2D eigenvalue weighted by atomic mass is 10.2. The van der Waals surface area contributed by atoms with Crippen LogP contribution in [0.4, 0.5) is 28.9 Å². The SMILES string of the molecule is COC(=O)c1cc2c(Nc3ccc(F)c(Cl)c3)cncc2[nH]1.O=C(O)C(F)(F)F. The Kier molecular flexibility index (Phi) is 6.64. The number of carboxylic acid groups (broad SMARTS) is 1. The van der Waals surface area contributed by atoms with Gasteiger partial charge in [-0.15, -0.1) is 0 Å². The molecule has 2 heterocycles. The summed E-state index contributed by atoms with van der Waals surface area (Å²) in [5.74, 6) is -3.71. The molecule has 0 amide bonds. The number of fused-ring (bicyclic) bond motifs is 1. The van der Waals surface area contributed by atoms with Crippen LogP contribution in [0.25, 0.3) is 10.9 Å². The molecular formula is C17H12ClF4N3O4. The number of hydrogen-bond donors (Lipinski definition) is 3. The fraction of sp³-hybridized carbons (Fsp3) is 0.118. The number of carboxylic acids is 1. The number of ether oxygens (including phenoxy) is 1. The molecule has 0 fully saturated rings. The third-order valence-electron chi connectivity index (χ3n) is 3.39. The fourth-order valence-corrected chi connectivity index (χ4v) is 2.28. The number of carbonyl (C=O) groups excluding carboxylic acids is 1. The Morgan fingerprint density at radius 1 is 1.24 bits per heavy atom. The zero-order chi connectivity index (χ0) is 21.8. The maximum atomic E-state index is 13.2. The molecule has 12 heteroatoms. The molecule has 0 radical (unpaired) electrons. The van der Waals surface area contributed by atoms with Crippen LogP contribution in [0.15, 0.2) is 36.7 Å². The van der Waals surface area contributed by atoms with Crippen molar-refractivity contribution in [1.82, 2.24) is 9.97 Å². The highest BCUT2D eigenvalue weighted by Crippen LogP contribution is 2.28. The summed E-state index contributed by atoms with van der Waals surface area (Å²) < 4.78 is 49.6. The van der Waals surface area contributed by atoms with Crippen molar-refractivity contribution in [3.8, 4) is 0 Å². The lowest BCUT2D eigenvalue weighted by molar-refractivity contribution is -0.192. The highest BCUT2D eigenvalue weighted by atomic mass is 35.5. The van der Waals surface area contributed by atoms with Crippen LogP contribution in [-0.2, 0) is 9.53 Å². The van der Waals surface area contributed by atoms with Crippen LogP contribution < -0.4 is 5.32 Å². The second-order valence-corrected chi connectivity index (χ2v) is 5.79. The standard InChI is InChI=1S/C15H11ClFN3O2.C2HF3O2/c1-22-15(21)12-5-9-13(6-18-7-14(9)20-12)19-8-2-3-11(17)10(16)4-8;3-2(4,5)1(6)7/h2-7,19-20H,1H3;(H,6,7). The second-order valence-electron chi connectivity index (χ2n) is 5.38. The van der Waals surface area contributed by atoms with Crippen LogP contribution in [0, 0.1) is 5.82 Å². The lowest BCUT2D eigenvalue weighted by Gasteiger charge is -2.07. The molecule has 0 spiro atoms. The van der Waals surface area contributed by atoms with Gasteiger partial charge in [0, 0.05) is 11.1 Å². The van der Waals surface area contributed by atoms with Crippen LogP contribution >= 0.6 is 11.6 Å². The summed E-state index contributed by atoms with van der Waals surface area (Å²) in [5, 5.41) is 11.0. The number of H-pyrrole nitrogens is 1. The first-order chi connectivity index (χ1) is 13.5. The number of pyridine rings is 1. The topological polar surface area (TPSA) is 104 Å². The number of rotatable bonds is 3.